The van der Waals surface area contributed by atoms with Crippen molar-refractivity contribution < 1.29 is 22.7 Å². The summed E-state index contributed by atoms with van der Waals surface area (Å²) in [4.78, 5) is 10.9. The number of alkyl halides is 3. The van der Waals surface area contributed by atoms with E-state index < -0.39 is 17.7 Å². The van der Waals surface area contributed by atoms with Gasteiger partial charge in [-0.05, 0) is 30.0 Å². The van der Waals surface area contributed by atoms with Crippen molar-refractivity contribution in [1.82, 2.24) is 0 Å². The predicted molar refractivity (Wildman–Crippen MR) is 70.6 cm³/mol. The quantitative estimate of drug-likeness (QED) is 0.588. The first kappa shape index (κ1) is 16.6. The van der Waals surface area contributed by atoms with E-state index >= 15 is 0 Å². The third-order valence-corrected chi connectivity index (χ3v) is 3.14. The molecule has 1 atom stereocenters. The van der Waals surface area contributed by atoms with Gasteiger partial charge in [0.15, 0.2) is 0 Å². The molecule has 0 saturated carbocycles. The molecule has 1 aromatic carbocycles. The van der Waals surface area contributed by atoms with Crippen molar-refractivity contribution in [2.24, 2.45) is 0 Å². The predicted octanol–water partition coefficient (Wildman–Crippen LogP) is 4.58. The molecule has 0 aliphatic carbocycles. The van der Waals surface area contributed by atoms with Gasteiger partial charge in [-0.15, -0.1) is 0 Å². The van der Waals surface area contributed by atoms with Gasteiger partial charge in [-0.1, -0.05) is 31.2 Å². The third-order valence-electron chi connectivity index (χ3n) is 2.83. The minimum Gasteiger partial charge on any atom is -0.463 e. The Morgan fingerprint density at radius 1 is 1.50 bits per heavy atom. The van der Waals surface area contributed by atoms with Crippen molar-refractivity contribution in [2.45, 2.75) is 25.4 Å². The molecule has 0 aliphatic heterocycles. The fourth-order valence-corrected chi connectivity index (χ4v) is 1.93. The highest BCUT2D eigenvalue weighted by Gasteiger charge is 2.33. The van der Waals surface area contributed by atoms with Crippen molar-refractivity contribution >= 4 is 17.6 Å². The van der Waals surface area contributed by atoms with Crippen LogP contribution in [0.4, 0.5) is 13.2 Å². The van der Waals surface area contributed by atoms with Crippen LogP contribution in [0, 0.1) is 0 Å². The zero-order valence-corrected chi connectivity index (χ0v) is 11.6. The number of esters is 1. The number of hydrogen-bond donors (Lipinski definition) is 0. The summed E-state index contributed by atoms with van der Waals surface area (Å²) < 4.78 is 42.5. The Labute approximate surface area is 120 Å². The maximum atomic E-state index is 12.6. The highest BCUT2D eigenvalue weighted by atomic mass is 35.5. The molecule has 6 heteroatoms. The van der Waals surface area contributed by atoms with E-state index in [-0.39, 0.29) is 17.5 Å². The summed E-state index contributed by atoms with van der Waals surface area (Å²) in [7, 11) is 0. The summed E-state index contributed by atoms with van der Waals surface area (Å²) in [5.74, 6) is -0.602. The Kier molecular flexibility index (Phi) is 5.62. The standard InChI is InChI=1S/C14H14ClF3O2/c1-3-13(19)20-7-6-9(2)10-4-5-11(12(15)8-10)14(16,17)18/h3-5,8-9H,1,6-7H2,2H3. The van der Waals surface area contributed by atoms with Crippen LogP contribution in [-0.4, -0.2) is 12.6 Å². The fraction of sp³-hybridized carbons (Fsp3) is 0.357. The van der Waals surface area contributed by atoms with Crippen molar-refractivity contribution in [3.8, 4) is 0 Å². The van der Waals surface area contributed by atoms with Crippen LogP contribution in [0.3, 0.4) is 0 Å². The maximum Gasteiger partial charge on any atom is 0.417 e. The van der Waals surface area contributed by atoms with E-state index in [0.717, 1.165) is 12.1 Å². The zero-order chi connectivity index (χ0) is 15.3. The van der Waals surface area contributed by atoms with Gasteiger partial charge in [0.2, 0.25) is 0 Å². The Morgan fingerprint density at radius 3 is 2.65 bits per heavy atom. The van der Waals surface area contributed by atoms with Gasteiger partial charge in [0.1, 0.15) is 0 Å². The lowest BCUT2D eigenvalue weighted by Gasteiger charge is -2.15. The largest absolute Gasteiger partial charge is 0.463 e. The van der Waals surface area contributed by atoms with E-state index in [1.807, 2.05) is 6.92 Å². The summed E-state index contributed by atoms with van der Waals surface area (Å²) in [6.45, 7) is 5.25. The van der Waals surface area contributed by atoms with Crippen LogP contribution in [-0.2, 0) is 15.7 Å². The molecule has 0 radical (unpaired) electrons. The Morgan fingerprint density at radius 2 is 2.15 bits per heavy atom. The summed E-state index contributed by atoms with van der Waals surface area (Å²) in [5, 5.41) is -0.329. The molecule has 0 aromatic heterocycles. The molecule has 0 fully saturated rings. The molecule has 1 rings (SSSR count). The van der Waals surface area contributed by atoms with Crippen LogP contribution in [0.25, 0.3) is 0 Å². The van der Waals surface area contributed by atoms with Crippen LogP contribution in [0.5, 0.6) is 0 Å². The van der Waals surface area contributed by atoms with Gasteiger partial charge in [0, 0.05) is 6.08 Å². The van der Waals surface area contributed by atoms with E-state index in [0.29, 0.717) is 12.0 Å². The molecule has 110 valence electrons. The van der Waals surface area contributed by atoms with E-state index in [2.05, 4.69) is 6.58 Å². The number of halogens is 4. The van der Waals surface area contributed by atoms with Crippen molar-refractivity contribution in [1.29, 1.82) is 0 Å². The molecule has 0 amide bonds. The topological polar surface area (TPSA) is 26.3 Å². The first-order valence-electron chi connectivity index (χ1n) is 5.91. The molecule has 0 N–H and O–H groups in total. The van der Waals surface area contributed by atoms with Gasteiger partial charge in [-0.3, -0.25) is 0 Å². The van der Waals surface area contributed by atoms with E-state index in [1.54, 1.807) is 0 Å². The van der Waals surface area contributed by atoms with Crippen molar-refractivity contribution in [3.05, 3.63) is 47.0 Å². The molecule has 20 heavy (non-hydrogen) atoms. The number of carbonyl (C=O) groups is 1. The van der Waals surface area contributed by atoms with Crippen molar-refractivity contribution in [2.75, 3.05) is 6.61 Å². The lowest BCUT2D eigenvalue weighted by Crippen LogP contribution is -2.08. The average Bonchev–Trinajstić information content (AvgIpc) is 2.36. The van der Waals surface area contributed by atoms with E-state index in [1.165, 1.54) is 12.1 Å². The van der Waals surface area contributed by atoms with Gasteiger partial charge in [0.05, 0.1) is 17.2 Å². The summed E-state index contributed by atoms with van der Waals surface area (Å²) in [6, 6.07) is 3.64. The van der Waals surface area contributed by atoms with E-state index in [9.17, 15) is 18.0 Å². The summed E-state index contributed by atoms with van der Waals surface area (Å²) in [6.07, 6.45) is -2.92. The number of rotatable bonds is 5. The van der Waals surface area contributed by atoms with Gasteiger partial charge in [-0.2, -0.15) is 13.2 Å². The second-order valence-corrected chi connectivity index (χ2v) is 4.71. The van der Waals surface area contributed by atoms with Gasteiger partial charge < -0.3 is 4.74 Å². The Balaban J connectivity index is 2.70. The van der Waals surface area contributed by atoms with Crippen LogP contribution in [0.15, 0.2) is 30.9 Å². The first-order valence-corrected chi connectivity index (χ1v) is 6.29. The minimum atomic E-state index is -4.46. The molecule has 0 saturated heterocycles. The Hall–Kier alpha value is -1.49. The Bertz CT molecular complexity index is 498. The number of hydrogen-bond acceptors (Lipinski definition) is 2. The van der Waals surface area contributed by atoms with E-state index in [4.69, 9.17) is 16.3 Å². The summed E-state index contributed by atoms with van der Waals surface area (Å²) in [5.41, 5.74) is -0.189. The maximum absolute atomic E-state index is 12.6. The number of benzene rings is 1. The molecule has 0 heterocycles. The molecule has 0 bridgehead atoms. The molecule has 1 aromatic rings. The van der Waals surface area contributed by atoms with Gasteiger partial charge >= 0.3 is 12.1 Å². The van der Waals surface area contributed by atoms with Crippen LogP contribution < -0.4 is 0 Å². The number of ether oxygens (including phenoxy) is 1. The molecule has 0 spiro atoms. The van der Waals surface area contributed by atoms with Gasteiger partial charge in [-0.25, -0.2) is 4.79 Å². The van der Waals surface area contributed by atoms with Gasteiger partial charge in [0.25, 0.3) is 0 Å². The molecular weight excluding hydrogens is 293 g/mol. The highest BCUT2D eigenvalue weighted by Crippen LogP contribution is 2.36. The van der Waals surface area contributed by atoms with Crippen LogP contribution in [0.1, 0.15) is 30.4 Å². The molecular formula is C14H14ClF3O2. The van der Waals surface area contributed by atoms with Crippen LogP contribution >= 0.6 is 11.6 Å². The highest BCUT2D eigenvalue weighted by molar-refractivity contribution is 6.31. The zero-order valence-electron chi connectivity index (χ0n) is 10.8. The lowest BCUT2D eigenvalue weighted by atomic mass is 9.97. The molecule has 0 aliphatic rings. The lowest BCUT2D eigenvalue weighted by molar-refractivity contribution is -0.138. The number of carbonyl (C=O) groups excluding carboxylic acids is 1. The minimum absolute atomic E-state index is 0.0765. The molecule has 2 nitrogen and oxygen atoms in total. The second kappa shape index (κ2) is 6.79. The average molecular weight is 307 g/mol. The normalized spacial score (nSPS) is 12.8. The van der Waals surface area contributed by atoms with Crippen molar-refractivity contribution in [3.63, 3.8) is 0 Å². The summed E-state index contributed by atoms with van der Waals surface area (Å²) >= 11 is 5.65. The molecule has 1 unspecified atom stereocenters. The third kappa shape index (κ3) is 4.56. The van der Waals surface area contributed by atoms with Crippen LogP contribution in [0.2, 0.25) is 5.02 Å². The second-order valence-electron chi connectivity index (χ2n) is 4.30. The fourth-order valence-electron chi connectivity index (χ4n) is 1.63. The smallest absolute Gasteiger partial charge is 0.417 e. The monoisotopic (exact) mass is 306 g/mol. The first-order chi connectivity index (χ1) is 9.25. The SMILES string of the molecule is C=CC(=O)OCCC(C)c1ccc(C(F)(F)F)c(Cl)c1.